The zero-order chi connectivity index (χ0) is 20.2. The van der Waals surface area contributed by atoms with E-state index in [2.05, 4.69) is 24.0 Å². The summed E-state index contributed by atoms with van der Waals surface area (Å²) in [5.41, 5.74) is 0. The van der Waals surface area contributed by atoms with E-state index in [1.165, 1.54) is 12.2 Å². The topological polar surface area (TPSA) is 52.6 Å². The maximum absolute atomic E-state index is 11.1. The number of ether oxygens (including phenoxy) is 2. The largest absolute Gasteiger partial charge is 0.457 e. The third kappa shape index (κ3) is 9.67. The van der Waals surface area contributed by atoms with Gasteiger partial charge in [0.1, 0.15) is 13.2 Å². The van der Waals surface area contributed by atoms with E-state index in [-0.39, 0.29) is 11.9 Å². The van der Waals surface area contributed by atoms with Crippen molar-refractivity contribution in [1.82, 2.24) is 0 Å². The minimum absolute atomic E-state index is 0.346. The average Bonchev–Trinajstić information content (AvgIpc) is 3.36. The van der Waals surface area contributed by atoms with E-state index in [0.29, 0.717) is 22.4 Å². The highest BCUT2D eigenvalue weighted by Gasteiger charge is 2.20. The van der Waals surface area contributed by atoms with Crippen LogP contribution in [-0.2, 0) is 19.1 Å². The molecule has 2 rings (SSSR count). The van der Waals surface area contributed by atoms with Crippen molar-refractivity contribution in [3.63, 3.8) is 0 Å². The fourth-order valence-electron chi connectivity index (χ4n) is 1.91. The van der Waals surface area contributed by atoms with Crippen molar-refractivity contribution >= 4 is 82.5 Å². The van der Waals surface area contributed by atoms with Gasteiger partial charge < -0.3 is 9.47 Å². The van der Waals surface area contributed by atoms with Gasteiger partial charge in [-0.3, -0.25) is 0 Å². The number of hydrogen-bond donors (Lipinski definition) is 0. The lowest BCUT2D eigenvalue weighted by Crippen LogP contribution is -2.04. The molecule has 0 radical (unpaired) electrons. The fourth-order valence-corrected chi connectivity index (χ4v) is 9.87. The summed E-state index contributed by atoms with van der Waals surface area (Å²) in [5.74, 6) is 3.67. The van der Waals surface area contributed by atoms with E-state index in [0.717, 1.165) is 32.8 Å². The minimum atomic E-state index is -0.375. The fraction of sp³-hybridized carbons (Fsp3) is 0.444. The molecule has 2 heterocycles. The first-order chi connectivity index (χ1) is 13.6. The summed E-state index contributed by atoms with van der Waals surface area (Å²) >= 11 is 11.1. The summed E-state index contributed by atoms with van der Waals surface area (Å²) in [6.45, 7) is 7.48. The molecule has 0 spiro atoms. The second-order valence-corrected chi connectivity index (χ2v) is 13.0. The van der Waals surface area contributed by atoms with Gasteiger partial charge in [0.25, 0.3) is 0 Å². The zero-order valence-electron chi connectivity index (χ0n) is 15.2. The molecule has 0 N–H and O–H groups in total. The number of thioether (sulfide) groups is 6. The third-order valence-corrected chi connectivity index (χ3v) is 11.7. The van der Waals surface area contributed by atoms with E-state index in [4.69, 9.17) is 9.47 Å². The Labute approximate surface area is 191 Å². The van der Waals surface area contributed by atoms with Crippen LogP contribution in [0.4, 0.5) is 0 Å². The van der Waals surface area contributed by atoms with Crippen LogP contribution in [0.3, 0.4) is 0 Å². The highest BCUT2D eigenvalue weighted by molar-refractivity contribution is 8.24. The van der Waals surface area contributed by atoms with Gasteiger partial charge in [0.2, 0.25) is 0 Å². The number of hydrogen-bond acceptors (Lipinski definition) is 10. The van der Waals surface area contributed by atoms with Crippen LogP contribution < -0.4 is 0 Å². The summed E-state index contributed by atoms with van der Waals surface area (Å²) < 4.78 is 11.1. The van der Waals surface area contributed by atoms with E-state index < -0.39 is 0 Å². The molecular weight excluding hydrogens is 473 g/mol. The normalized spacial score (nSPS) is 21.0. The van der Waals surface area contributed by atoms with E-state index in [1.807, 2.05) is 23.5 Å². The van der Waals surface area contributed by atoms with Gasteiger partial charge in [-0.1, -0.05) is 13.2 Å². The van der Waals surface area contributed by atoms with Crippen molar-refractivity contribution in [2.75, 3.05) is 36.2 Å². The van der Waals surface area contributed by atoms with Crippen molar-refractivity contribution in [3.8, 4) is 0 Å². The summed E-state index contributed by atoms with van der Waals surface area (Å²) in [7, 11) is 0. The van der Waals surface area contributed by atoms with Crippen LogP contribution >= 0.6 is 70.6 Å². The molecule has 2 aliphatic rings. The molecule has 28 heavy (non-hydrogen) atoms. The van der Waals surface area contributed by atoms with Gasteiger partial charge >= 0.3 is 11.9 Å². The van der Waals surface area contributed by atoms with E-state index >= 15 is 0 Å². The first kappa shape index (κ1) is 24.3. The molecule has 0 amide bonds. The predicted octanol–water partition coefficient (Wildman–Crippen LogP) is 5.21. The monoisotopic (exact) mass is 494 g/mol. The van der Waals surface area contributed by atoms with Gasteiger partial charge in [-0.2, -0.15) is 23.5 Å². The van der Waals surface area contributed by atoms with E-state index in [1.54, 1.807) is 47.0 Å². The molecule has 0 saturated carbocycles. The van der Waals surface area contributed by atoms with Crippen LogP contribution in [0.2, 0.25) is 0 Å². The van der Waals surface area contributed by atoms with Crippen molar-refractivity contribution in [2.24, 2.45) is 0 Å². The van der Waals surface area contributed by atoms with Gasteiger partial charge in [-0.25, -0.2) is 9.59 Å². The quantitative estimate of drug-likeness (QED) is 0.194. The van der Waals surface area contributed by atoms with Gasteiger partial charge in [-0.15, -0.1) is 47.0 Å². The molecular formula is C18H22O4S6. The van der Waals surface area contributed by atoms with Crippen LogP contribution in [0, 0.1) is 0 Å². The summed E-state index contributed by atoms with van der Waals surface area (Å²) in [5, 5.41) is 4.18. The van der Waals surface area contributed by atoms with Crippen molar-refractivity contribution in [2.45, 2.75) is 9.16 Å². The Balaban J connectivity index is 1.44. The van der Waals surface area contributed by atoms with Gasteiger partial charge in [-0.05, 0) is 10.8 Å². The summed E-state index contributed by atoms with van der Waals surface area (Å²) in [4.78, 5) is 24.4. The lowest BCUT2D eigenvalue weighted by molar-refractivity contribution is -0.137. The Bertz CT molecular complexity index is 580. The Morgan fingerprint density at radius 3 is 1.71 bits per heavy atom. The first-order valence-electron chi connectivity index (χ1n) is 8.37. The van der Waals surface area contributed by atoms with Crippen LogP contribution in [0.15, 0.2) is 45.9 Å². The lowest BCUT2D eigenvalue weighted by Gasteiger charge is -2.10. The second-order valence-electron chi connectivity index (χ2n) is 5.31. The standard InChI is InChI=1S/C18H22O4S6/c1-3-15(19)21-7-13-9-25-17(27-13)11-23-5-6-24-12-18-26-10-14(28-18)8-22-16(20)4-2/h3-4,9-10,17-18H,1-2,5-8,11-12H2. The molecule has 0 fully saturated rings. The number of rotatable bonds is 13. The molecule has 4 nitrogen and oxygen atoms in total. The molecule has 2 atom stereocenters. The maximum atomic E-state index is 11.1. The molecule has 0 aliphatic carbocycles. The lowest BCUT2D eigenvalue weighted by atomic mass is 10.6. The smallest absolute Gasteiger partial charge is 0.330 e. The van der Waals surface area contributed by atoms with Gasteiger partial charge in [0.05, 0.1) is 9.16 Å². The zero-order valence-corrected chi connectivity index (χ0v) is 20.1. The van der Waals surface area contributed by atoms with Crippen LogP contribution in [0.1, 0.15) is 0 Å². The molecule has 154 valence electrons. The maximum Gasteiger partial charge on any atom is 0.330 e. The Morgan fingerprint density at radius 2 is 1.32 bits per heavy atom. The van der Waals surface area contributed by atoms with Gasteiger partial charge in [0.15, 0.2) is 0 Å². The molecule has 0 aromatic heterocycles. The summed E-state index contributed by atoms with van der Waals surface area (Å²) in [6.07, 6.45) is 2.38. The molecule has 2 aliphatic heterocycles. The van der Waals surface area contributed by atoms with Crippen molar-refractivity contribution < 1.29 is 19.1 Å². The molecule has 10 heteroatoms. The highest BCUT2D eigenvalue weighted by atomic mass is 32.2. The molecule has 0 bridgehead atoms. The minimum Gasteiger partial charge on any atom is -0.457 e. The third-order valence-electron chi connectivity index (χ3n) is 3.19. The van der Waals surface area contributed by atoms with Crippen LogP contribution in [0.5, 0.6) is 0 Å². The Hall–Kier alpha value is -0.000000000000000222. The number of carbonyl (C=O) groups excluding carboxylic acids is 2. The SMILES string of the molecule is C=CC(=O)OCC1=CSC(CSCCSCC2SC=C(COC(=O)C=C)S2)S1. The van der Waals surface area contributed by atoms with Crippen molar-refractivity contribution in [3.05, 3.63) is 45.9 Å². The molecule has 2 unspecified atom stereocenters. The van der Waals surface area contributed by atoms with Crippen LogP contribution in [-0.4, -0.2) is 57.3 Å². The second kappa shape index (κ2) is 14.1. The van der Waals surface area contributed by atoms with Gasteiger partial charge in [0, 0.05) is 45.0 Å². The number of esters is 2. The highest BCUT2D eigenvalue weighted by Crippen LogP contribution is 2.42. The number of carbonyl (C=O) groups is 2. The summed E-state index contributed by atoms with van der Waals surface area (Å²) in [6, 6.07) is 0. The average molecular weight is 495 g/mol. The molecule has 0 saturated heterocycles. The Kier molecular flexibility index (Phi) is 12.2. The van der Waals surface area contributed by atoms with Crippen LogP contribution in [0.25, 0.3) is 0 Å². The Morgan fingerprint density at radius 1 is 0.893 bits per heavy atom. The molecule has 0 aromatic rings. The van der Waals surface area contributed by atoms with E-state index in [9.17, 15) is 9.59 Å². The predicted molar refractivity (Wildman–Crippen MR) is 131 cm³/mol. The van der Waals surface area contributed by atoms with Crippen molar-refractivity contribution in [1.29, 1.82) is 0 Å². The molecule has 0 aromatic carbocycles. The first-order valence-corrected chi connectivity index (χ1v) is 14.3.